The molecule has 1 N–H and O–H groups in total. The van der Waals surface area contributed by atoms with Gasteiger partial charge in [0, 0.05) is 0 Å². The second-order valence-electron chi connectivity index (χ2n) is 4.66. The largest absolute Gasteiger partial charge is 0.388 e. The number of nitriles is 1. The predicted octanol–water partition coefficient (Wildman–Crippen LogP) is 2.09. The molecular weight excluding hydrogens is 162 g/mol. The summed E-state index contributed by atoms with van der Waals surface area (Å²) >= 11 is 0. The third-order valence-corrected chi connectivity index (χ3v) is 4.03. The average Bonchev–Trinajstić information content (AvgIpc) is 2.65. The molecule has 2 rings (SSSR count). The van der Waals surface area contributed by atoms with Crippen LogP contribution in [0.25, 0.3) is 0 Å². The van der Waals surface area contributed by atoms with E-state index in [0.717, 1.165) is 25.7 Å². The van der Waals surface area contributed by atoms with Gasteiger partial charge in [0.1, 0.15) is 0 Å². The molecule has 0 aromatic heterocycles. The van der Waals surface area contributed by atoms with Crippen LogP contribution >= 0.6 is 0 Å². The molecule has 0 saturated heterocycles. The summed E-state index contributed by atoms with van der Waals surface area (Å²) in [5, 5.41) is 19.4. The SMILES string of the molecule is CCC(C#N)C1(O)CC2CCC1C2. The lowest BCUT2D eigenvalue weighted by atomic mass is 9.74. The molecule has 4 atom stereocenters. The van der Waals surface area contributed by atoms with E-state index in [1.54, 1.807) is 0 Å². The first-order valence-corrected chi connectivity index (χ1v) is 5.32. The molecule has 2 bridgehead atoms. The lowest BCUT2D eigenvalue weighted by Gasteiger charge is -2.35. The van der Waals surface area contributed by atoms with E-state index >= 15 is 0 Å². The van der Waals surface area contributed by atoms with Crippen LogP contribution in [0.4, 0.5) is 0 Å². The first-order chi connectivity index (χ1) is 6.20. The Morgan fingerprint density at radius 1 is 1.62 bits per heavy atom. The van der Waals surface area contributed by atoms with Gasteiger partial charge in [0.2, 0.25) is 0 Å². The first kappa shape index (κ1) is 9.02. The molecule has 0 amide bonds. The van der Waals surface area contributed by atoms with Crippen LogP contribution in [-0.2, 0) is 0 Å². The highest BCUT2D eigenvalue weighted by Crippen LogP contribution is 2.54. The van der Waals surface area contributed by atoms with Crippen molar-refractivity contribution >= 4 is 0 Å². The minimum atomic E-state index is -0.633. The van der Waals surface area contributed by atoms with Crippen molar-refractivity contribution < 1.29 is 5.11 Å². The fourth-order valence-electron chi connectivity index (χ4n) is 3.33. The summed E-state index contributed by atoms with van der Waals surface area (Å²) in [6, 6.07) is 2.27. The van der Waals surface area contributed by atoms with Crippen molar-refractivity contribution in [3.05, 3.63) is 0 Å². The highest BCUT2D eigenvalue weighted by Gasteiger charge is 2.53. The summed E-state index contributed by atoms with van der Waals surface area (Å²) in [4.78, 5) is 0. The third-order valence-electron chi connectivity index (χ3n) is 4.03. The molecule has 0 aromatic carbocycles. The highest BCUT2D eigenvalue weighted by atomic mass is 16.3. The Morgan fingerprint density at radius 3 is 2.77 bits per heavy atom. The van der Waals surface area contributed by atoms with Crippen molar-refractivity contribution in [3.63, 3.8) is 0 Å². The summed E-state index contributed by atoms with van der Waals surface area (Å²) in [7, 11) is 0. The van der Waals surface area contributed by atoms with Gasteiger partial charge in [-0.3, -0.25) is 0 Å². The summed E-state index contributed by atoms with van der Waals surface area (Å²) in [5.74, 6) is 0.988. The Bertz CT molecular complexity index is 245. The molecular formula is C11H17NO. The van der Waals surface area contributed by atoms with Crippen molar-refractivity contribution in [1.29, 1.82) is 5.26 Å². The number of fused-ring (bicyclic) bond motifs is 2. The van der Waals surface area contributed by atoms with E-state index in [4.69, 9.17) is 5.26 Å². The van der Waals surface area contributed by atoms with E-state index in [1.807, 2.05) is 6.92 Å². The molecule has 0 radical (unpaired) electrons. The van der Waals surface area contributed by atoms with Crippen molar-refractivity contribution in [2.45, 2.75) is 44.6 Å². The zero-order valence-electron chi connectivity index (χ0n) is 8.16. The molecule has 2 heteroatoms. The van der Waals surface area contributed by atoms with Gasteiger partial charge in [-0.15, -0.1) is 0 Å². The fraction of sp³-hybridized carbons (Fsp3) is 0.909. The second kappa shape index (κ2) is 2.99. The maximum atomic E-state index is 10.4. The molecule has 0 heterocycles. The molecule has 72 valence electrons. The maximum absolute atomic E-state index is 10.4. The van der Waals surface area contributed by atoms with Gasteiger partial charge >= 0.3 is 0 Å². The average molecular weight is 179 g/mol. The van der Waals surface area contributed by atoms with Crippen LogP contribution in [0.1, 0.15) is 39.0 Å². The van der Waals surface area contributed by atoms with Crippen molar-refractivity contribution in [2.75, 3.05) is 0 Å². The molecule has 2 aliphatic rings. The normalized spacial score (nSPS) is 44.7. The third kappa shape index (κ3) is 1.18. The summed E-state index contributed by atoms with van der Waals surface area (Å²) < 4.78 is 0. The standard InChI is InChI=1S/C11H17NO/c1-2-9(7-12)11(13)6-8-3-4-10(11)5-8/h8-10,13H,2-6H2,1H3. The van der Waals surface area contributed by atoms with E-state index in [9.17, 15) is 5.11 Å². The molecule has 2 fully saturated rings. The molecule has 2 saturated carbocycles. The Hall–Kier alpha value is -0.550. The summed E-state index contributed by atoms with van der Waals surface area (Å²) in [6.45, 7) is 2.00. The van der Waals surface area contributed by atoms with Gasteiger partial charge in [-0.25, -0.2) is 0 Å². The number of rotatable bonds is 2. The zero-order chi connectivity index (χ0) is 9.47. The van der Waals surface area contributed by atoms with E-state index in [-0.39, 0.29) is 5.92 Å². The Kier molecular flexibility index (Phi) is 2.08. The highest BCUT2D eigenvalue weighted by molar-refractivity contribution is 5.09. The van der Waals surface area contributed by atoms with Crippen molar-refractivity contribution in [1.82, 2.24) is 0 Å². The van der Waals surface area contributed by atoms with Gasteiger partial charge in [0.05, 0.1) is 17.6 Å². The topological polar surface area (TPSA) is 44.0 Å². The molecule has 4 unspecified atom stereocenters. The summed E-state index contributed by atoms with van der Waals surface area (Å²) in [5.41, 5.74) is -0.633. The molecule has 0 spiro atoms. The Balaban J connectivity index is 2.17. The van der Waals surface area contributed by atoms with E-state index in [2.05, 4.69) is 6.07 Å². The van der Waals surface area contributed by atoms with Crippen molar-refractivity contribution in [2.24, 2.45) is 17.8 Å². The van der Waals surface area contributed by atoms with Crippen LogP contribution in [0.5, 0.6) is 0 Å². The van der Waals surface area contributed by atoms with E-state index in [0.29, 0.717) is 11.8 Å². The van der Waals surface area contributed by atoms with Crippen LogP contribution in [0.15, 0.2) is 0 Å². The number of hydrogen-bond acceptors (Lipinski definition) is 2. The smallest absolute Gasteiger partial charge is 0.0835 e. The first-order valence-electron chi connectivity index (χ1n) is 5.32. The van der Waals surface area contributed by atoms with Crippen LogP contribution in [0, 0.1) is 29.1 Å². The minimum Gasteiger partial charge on any atom is -0.388 e. The predicted molar refractivity (Wildman–Crippen MR) is 49.8 cm³/mol. The van der Waals surface area contributed by atoms with Gasteiger partial charge < -0.3 is 5.11 Å². The second-order valence-corrected chi connectivity index (χ2v) is 4.66. The lowest BCUT2D eigenvalue weighted by Crippen LogP contribution is -2.42. The van der Waals surface area contributed by atoms with Gasteiger partial charge in [0.15, 0.2) is 0 Å². The van der Waals surface area contributed by atoms with Crippen LogP contribution in [0.2, 0.25) is 0 Å². The number of aliphatic hydroxyl groups is 1. The van der Waals surface area contributed by atoms with Crippen molar-refractivity contribution in [3.8, 4) is 6.07 Å². The number of hydrogen-bond donors (Lipinski definition) is 1. The van der Waals surface area contributed by atoms with E-state index in [1.165, 1.54) is 6.42 Å². The van der Waals surface area contributed by atoms with Crippen LogP contribution < -0.4 is 0 Å². The molecule has 2 aliphatic carbocycles. The fourth-order valence-corrected chi connectivity index (χ4v) is 3.33. The molecule has 2 nitrogen and oxygen atoms in total. The van der Waals surface area contributed by atoms with Gasteiger partial charge in [-0.2, -0.15) is 5.26 Å². The van der Waals surface area contributed by atoms with Gasteiger partial charge in [0.25, 0.3) is 0 Å². The van der Waals surface area contributed by atoms with Gasteiger partial charge in [-0.05, 0) is 43.9 Å². The molecule has 0 aliphatic heterocycles. The summed E-state index contributed by atoms with van der Waals surface area (Å²) in [6.07, 6.45) is 5.24. The lowest BCUT2D eigenvalue weighted by molar-refractivity contribution is -0.0477. The zero-order valence-corrected chi connectivity index (χ0v) is 8.16. The monoisotopic (exact) mass is 179 g/mol. The van der Waals surface area contributed by atoms with Crippen LogP contribution in [0.3, 0.4) is 0 Å². The Morgan fingerprint density at radius 2 is 2.38 bits per heavy atom. The number of nitrogens with zero attached hydrogens (tertiary/aromatic N) is 1. The van der Waals surface area contributed by atoms with Gasteiger partial charge in [-0.1, -0.05) is 6.92 Å². The molecule has 13 heavy (non-hydrogen) atoms. The van der Waals surface area contributed by atoms with E-state index < -0.39 is 5.60 Å². The minimum absolute atomic E-state index is 0.136. The maximum Gasteiger partial charge on any atom is 0.0835 e. The molecule has 0 aromatic rings. The Labute approximate surface area is 79.6 Å². The van der Waals surface area contributed by atoms with Crippen LogP contribution in [-0.4, -0.2) is 10.7 Å². The quantitative estimate of drug-likeness (QED) is 0.705.